The van der Waals surface area contributed by atoms with Crippen LogP contribution in [0, 0.1) is 5.82 Å². The quantitative estimate of drug-likeness (QED) is 0.895. The summed E-state index contributed by atoms with van der Waals surface area (Å²) in [4.78, 5) is 0. The second kappa shape index (κ2) is 5.79. The zero-order valence-electron chi connectivity index (χ0n) is 11.2. The molecule has 0 bridgehead atoms. The van der Waals surface area contributed by atoms with Gasteiger partial charge in [0.15, 0.2) is 0 Å². The number of hydrogen-bond acceptors (Lipinski definition) is 4. The Morgan fingerprint density at radius 1 is 1.47 bits per heavy atom. The van der Waals surface area contributed by atoms with Crippen molar-refractivity contribution in [3.05, 3.63) is 41.5 Å². The van der Waals surface area contributed by atoms with Crippen LogP contribution in [-0.2, 0) is 13.7 Å². The normalized spacial score (nSPS) is 12.4. The van der Waals surface area contributed by atoms with Crippen molar-refractivity contribution < 1.29 is 9.13 Å². The first-order valence-corrected chi connectivity index (χ1v) is 6.05. The number of ether oxygens (including phenoxy) is 1. The molecular weight excluding hydrogens is 247 g/mol. The number of halogens is 1. The molecule has 1 aromatic heterocycles. The standard InChI is InChI=1S/C13H17FN4O/c1-9(15-2)12-6-10(14)4-5-13(12)19-8-11-7-18(3)17-16-11/h4-7,9,15H,8H2,1-3H3. The third-order valence-corrected chi connectivity index (χ3v) is 2.90. The van der Waals surface area contributed by atoms with Crippen molar-refractivity contribution in [3.8, 4) is 5.75 Å². The molecule has 6 heteroatoms. The highest BCUT2D eigenvalue weighted by Gasteiger charge is 2.12. The van der Waals surface area contributed by atoms with Gasteiger partial charge in [-0.05, 0) is 32.2 Å². The third kappa shape index (κ3) is 3.29. The molecule has 0 fully saturated rings. The Labute approximate surface area is 111 Å². The molecule has 5 nitrogen and oxygen atoms in total. The molecule has 0 saturated carbocycles. The lowest BCUT2D eigenvalue weighted by molar-refractivity contribution is 0.295. The molecular formula is C13H17FN4O. The van der Waals surface area contributed by atoms with Gasteiger partial charge in [0.25, 0.3) is 0 Å². The molecule has 1 N–H and O–H groups in total. The van der Waals surface area contributed by atoms with E-state index in [2.05, 4.69) is 15.6 Å². The largest absolute Gasteiger partial charge is 0.487 e. The molecule has 0 radical (unpaired) electrons. The minimum Gasteiger partial charge on any atom is -0.487 e. The van der Waals surface area contributed by atoms with Crippen molar-refractivity contribution in [2.75, 3.05) is 7.05 Å². The average molecular weight is 264 g/mol. The second-order valence-electron chi connectivity index (χ2n) is 4.36. The monoisotopic (exact) mass is 264 g/mol. The Morgan fingerprint density at radius 3 is 2.89 bits per heavy atom. The highest BCUT2D eigenvalue weighted by Crippen LogP contribution is 2.26. The number of benzene rings is 1. The van der Waals surface area contributed by atoms with E-state index in [9.17, 15) is 4.39 Å². The van der Waals surface area contributed by atoms with Crippen molar-refractivity contribution in [1.29, 1.82) is 0 Å². The summed E-state index contributed by atoms with van der Waals surface area (Å²) in [5, 5.41) is 10.8. The minimum absolute atomic E-state index is 0.00700. The van der Waals surface area contributed by atoms with Crippen LogP contribution in [0.2, 0.25) is 0 Å². The number of aromatic nitrogens is 3. The Balaban J connectivity index is 2.15. The number of nitrogens with zero attached hydrogens (tertiary/aromatic N) is 3. The summed E-state index contributed by atoms with van der Waals surface area (Å²) < 4.78 is 20.6. The Kier molecular flexibility index (Phi) is 4.11. The average Bonchev–Trinajstić information content (AvgIpc) is 2.82. The molecule has 2 aromatic rings. The SMILES string of the molecule is CNC(C)c1cc(F)ccc1OCc1cn(C)nn1. The first kappa shape index (κ1) is 13.5. The summed E-state index contributed by atoms with van der Waals surface area (Å²) in [6.45, 7) is 2.26. The molecule has 0 amide bonds. The number of hydrogen-bond donors (Lipinski definition) is 1. The highest BCUT2D eigenvalue weighted by atomic mass is 19.1. The van der Waals surface area contributed by atoms with Gasteiger partial charge in [-0.2, -0.15) is 0 Å². The van der Waals surface area contributed by atoms with Crippen molar-refractivity contribution >= 4 is 0 Å². The van der Waals surface area contributed by atoms with E-state index in [1.807, 2.05) is 14.0 Å². The van der Waals surface area contributed by atoms with Crippen molar-refractivity contribution in [3.63, 3.8) is 0 Å². The van der Waals surface area contributed by atoms with E-state index in [-0.39, 0.29) is 11.9 Å². The molecule has 0 saturated heterocycles. The molecule has 2 rings (SSSR count). The maximum Gasteiger partial charge on any atom is 0.134 e. The zero-order valence-corrected chi connectivity index (χ0v) is 11.2. The summed E-state index contributed by atoms with van der Waals surface area (Å²) in [7, 11) is 3.62. The van der Waals surface area contributed by atoms with E-state index >= 15 is 0 Å². The van der Waals surface area contributed by atoms with Crippen LogP contribution in [0.25, 0.3) is 0 Å². The first-order chi connectivity index (χ1) is 9.10. The maximum atomic E-state index is 13.3. The Morgan fingerprint density at radius 2 is 2.26 bits per heavy atom. The number of nitrogens with one attached hydrogen (secondary N) is 1. The lowest BCUT2D eigenvalue weighted by atomic mass is 10.1. The van der Waals surface area contributed by atoms with Crippen LogP contribution in [0.15, 0.2) is 24.4 Å². The summed E-state index contributed by atoms with van der Waals surface area (Å²) in [5.41, 5.74) is 1.52. The van der Waals surface area contributed by atoms with E-state index in [0.29, 0.717) is 12.4 Å². The van der Waals surface area contributed by atoms with Crippen molar-refractivity contribution in [2.45, 2.75) is 19.6 Å². The van der Waals surface area contributed by atoms with Gasteiger partial charge in [-0.3, -0.25) is 4.68 Å². The fourth-order valence-electron chi connectivity index (χ4n) is 1.76. The molecule has 0 aliphatic heterocycles. The van der Waals surface area contributed by atoms with E-state index in [0.717, 1.165) is 11.3 Å². The minimum atomic E-state index is -0.274. The van der Waals surface area contributed by atoms with Crippen LogP contribution in [0.1, 0.15) is 24.2 Å². The van der Waals surface area contributed by atoms with Crippen molar-refractivity contribution in [1.82, 2.24) is 20.3 Å². The first-order valence-electron chi connectivity index (χ1n) is 6.05. The molecule has 1 atom stereocenters. The van der Waals surface area contributed by atoms with Gasteiger partial charge in [0.2, 0.25) is 0 Å². The van der Waals surface area contributed by atoms with Crippen LogP contribution in [-0.4, -0.2) is 22.0 Å². The molecule has 0 aliphatic rings. The number of aryl methyl sites for hydroxylation is 1. The zero-order chi connectivity index (χ0) is 13.8. The predicted molar refractivity (Wildman–Crippen MR) is 69.2 cm³/mol. The molecule has 0 aliphatic carbocycles. The summed E-state index contributed by atoms with van der Waals surface area (Å²) in [5.74, 6) is 0.373. The van der Waals surface area contributed by atoms with Crippen molar-refractivity contribution in [2.24, 2.45) is 7.05 Å². The summed E-state index contributed by atoms with van der Waals surface area (Å²) in [6.07, 6.45) is 1.78. The van der Waals surface area contributed by atoms with Gasteiger partial charge in [-0.1, -0.05) is 5.21 Å². The van der Waals surface area contributed by atoms with Crippen LogP contribution >= 0.6 is 0 Å². The topological polar surface area (TPSA) is 52.0 Å². The van der Waals surface area contributed by atoms with E-state index < -0.39 is 0 Å². The Bertz CT molecular complexity index is 555. The van der Waals surface area contributed by atoms with Gasteiger partial charge in [0.1, 0.15) is 23.9 Å². The van der Waals surface area contributed by atoms with Gasteiger partial charge >= 0.3 is 0 Å². The molecule has 1 heterocycles. The maximum absolute atomic E-state index is 13.3. The van der Waals surface area contributed by atoms with E-state index in [1.165, 1.54) is 12.1 Å². The van der Waals surface area contributed by atoms with Gasteiger partial charge < -0.3 is 10.1 Å². The molecule has 0 spiro atoms. The smallest absolute Gasteiger partial charge is 0.134 e. The highest BCUT2D eigenvalue weighted by molar-refractivity contribution is 5.36. The summed E-state index contributed by atoms with van der Waals surface area (Å²) >= 11 is 0. The van der Waals surface area contributed by atoms with Gasteiger partial charge in [-0.25, -0.2) is 4.39 Å². The lowest BCUT2D eigenvalue weighted by Gasteiger charge is -2.16. The predicted octanol–water partition coefficient (Wildman–Crippen LogP) is 1.81. The molecule has 19 heavy (non-hydrogen) atoms. The fourth-order valence-corrected chi connectivity index (χ4v) is 1.76. The molecule has 1 unspecified atom stereocenters. The third-order valence-electron chi connectivity index (χ3n) is 2.90. The Hall–Kier alpha value is -1.95. The van der Waals surface area contributed by atoms with Crippen LogP contribution < -0.4 is 10.1 Å². The second-order valence-corrected chi connectivity index (χ2v) is 4.36. The fraction of sp³-hybridized carbons (Fsp3) is 0.385. The van der Waals surface area contributed by atoms with Crippen LogP contribution in [0.3, 0.4) is 0 Å². The summed E-state index contributed by atoms with van der Waals surface area (Å²) in [6, 6.07) is 4.51. The molecule has 1 aromatic carbocycles. The van der Waals surface area contributed by atoms with Gasteiger partial charge in [-0.15, -0.1) is 5.10 Å². The molecule has 102 valence electrons. The van der Waals surface area contributed by atoms with E-state index in [4.69, 9.17) is 4.74 Å². The van der Waals surface area contributed by atoms with E-state index in [1.54, 1.807) is 24.0 Å². The van der Waals surface area contributed by atoms with Crippen LogP contribution in [0.4, 0.5) is 4.39 Å². The number of rotatable bonds is 5. The van der Waals surface area contributed by atoms with Crippen LogP contribution in [0.5, 0.6) is 5.75 Å². The van der Waals surface area contributed by atoms with Gasteiger partial charge in [0, 0.05) is 18.7 Å². The lowest BCUT2D eigenvalue weighted by Crippen LogP contribution is -2.14. The van der Waals surface area contributed by atoms with Gasteiger partial charge in [0.05, 0.1) is 6.20 Å².